The van der Waals surface area contributed by atoms with Crippen LogP contribution in [-0.4, -0.2) is 26.6 Å². The van der Waals surface area contributed by atoms with Crippen molar-refractivity contribution in [3.63, 3.8) is 0 Å². The van der Waals surface area contributed by atoms with Gasteiger partial charge in [0.2, 0.25) is 0 Å². The third kappa shape index (κ3) is 3.13. The van der Waals surface area contributed by atoms with E-state index in [1.165, 1.54) is 6.33 Å². The topological polar surface area (TPSA) is 87.5 Å². The summed E-state index contributed by atoms with van der Waals surface area (Å²) < 4.78 is 0. The highest BCUT2D eigenvalue weighted by molar-refractivity contribution is 6.22. The van der Waals surface area contributed by atoms with Crippen molar-refractivity contribution in [1.82, 2.24) is 9.97 Å². The van der Waals surface area contributed by atoms with Gasteiger partial charge >= 0.3 is 0 Å². The van der Waals surface area contributed by atoms with Crippen LogP contribution in [0.5, 0.6) is 0 Å². The number of aliphatic hydroxyl groups excluding tert-OH is 1. The summed E-state index contributed by atoms with van der Waals surface area (Å²) in [4.78, 5) is 20.7. The van der Waals surface area contributed by atoms with E-state index in [1.807, 2.05) is 38.1 Å². The zero-order chi connectivity index (χ0) is 17.3. The summed E-state index contributed by atoms with van der Waals surface area (Å²) in [5.41, 5.74) is 4.23. The van der Waals surface area contributed by atoms with Crippen LogP contribution in [-0.2, 0) is 4.79 Å². The Kier molecular flexibility index (Phi) is 4.05. The number of fused-ring (bicyclic) bond motifs is 1. The van der Waals surface area contributed by atoms with Gasteiger partial charge in [0, 0.05) is 18.2 Å². The highest BCUT2D eigenvalue weighted by Crippen LogP contribution is 2.36. The molecule has 0 bridgehead atoms. The van der Waals surface area contributed by atoms with E-state index in [4.69, 9.17) is 0 Å². The van der Waals surface area contributed by atoms with Crippen LogP contribution < -0.4 is 5.43 Å². The van der Waals surface area contributed by atoms with E-state index in [2.05, 4.69) is 20.5 Å². The number of aliphatic hydroxyl groups is 1. The molecule has 0 aliphatic heterocycles. The third-order valence-corrected chi connectivity index (χ3v) is 4.09. The number of allylic oxidation sites excluding steroid dienone is 2. The molecule has 2 aromatic rings. The second kappa shape index (κ2) is 6.03. The van der Waals surface area contributed by atoms with Gasteiger partial charge in [0.05, 0.1) is 16.8 Å². The van der Waals surface area contributed by atoms with Gasteiger partial charge in [-0.25, -0.2) is 9.97 Å². The second-order valence-electron chi connectivity index (χ2n) is 6.81. The van der Waals surface area contributed by atoms with Gasteiger partial charge in [-0.1, -0.05) is 26.0 Å². The average Bonchev–Trinajstić information content (AvgIpc) is 2.51. The average molecular weight is 324 g/mol. The molecule has 1 heterocycles. The van der Waals surface area contributed by atoms with Crippen molar-refractivity contribution in [3.05, 3.63) is 41.9 Å². The molecular formula is C18H20N4O2. The van der Waals surface area contributed by atoms with E-state index in [1.54, 1.807) is 6.92 Å². The number of ketones is 1. The Hall–Kier alpha value is -2.76. The van der Waals surface area contributed by atoms with Gasteiger partial charge in [0.25, 0.3) is 0 Å². The number of aromatic nitrogens is 2. The number of hydrogen-bond acceptors (Lipinski definition) is 6. The quantitative estimate of drug-likeness (QED) is 0.665. The molecule has 6 heteroatoms. The number of anilines is 1. The predicted molar refractivity (Wildman–Crippen MR) is 93.9 cm³/mol. The first-order chi connectivity index (χ1) is 11.4. The fraction of sp³-hybridized carbons (Fsp3) is 0.333. The molecule has 1 aromatic carbocycles. The minimum atomic E-state index is -0.221. The number of hydrazone groups is 1. The number of nitrogens with zero attached hydrogens (tertiary/aromatic N) is 3. The van der Waals surface area contributed by atoms with E-state index < -0.39 is 0 Å². The Morgan fingerprint density at radius 1 is 1.25 bits per heavy atom. The SMILES string of the molecule is C/C(=N\Nc1ncnc2ccccc12)C1=C(O)CC(C)(C)CC1=O. The highest BCUT2D eigenvalue weighted by Gasteiger charge is 2.34. The standard InChI is InChI=1S/C18H20N4O2/c1-11(16-14(23)8-18(2,3)9-15(16)24)21-22-17-12-6-4-5-7-13(12)19-10-20-17/h4-7,10,23H,8-9H2,1-3H3,(H,19,20,22)/b21-11+. The van der Waals surface area contributed by atoms with Crippen molar-refractivity contribution in [1.29, 1.82) is 0 Å². The summed E-state index contributed by atoms with van der Waals surface area (Å²) in [7, 11) is 0. The molecule has 24 heavy (non-hydrogen) atoms. The minimum absolute atomic E-state index is 0.0839. The first kappa shape index (κ1) is 16.1. The molecule has 0 radical (unpaired) electrons. The number of para-hydroxylation sites is 1. The van der Waals surface area contributed by atoms with Gasteiger partial charge in [-0.15, -0.1) is 0 Å². The summed E-state index contributed by atoms with van der Waals surface area (Å²) in [6.45, 7) is 5.64. The number of carbonyl (C=O) groups is 1. The molecule has 0 saturated heterocycles. The summed E-state index contributed by atoms with van der Waals surface area (Å²) >= 11 is 0. The summed E-state index contributed by atoms with van der Waals surface area (Å²) in [5, 5.41) is 15.3. The number of rotatable bonds is 3. The molecule has 2 N–H and O–H groups in total. The van der Waals surface area contributed by atoms with Crippen LogP contribution in [0.1, 0.15) is 33.6 Å². The molecule has 0 unspecified atom stereocenters. The molecule has 1 aliphatic rings. The Balaban J connectivity index is 1.90. The van der Waals surface area contributed by atoms with Crippen molar-refractivity contribution in [2.75, 3.05) is 5.43 Å². The molecule has 1 aromatic heterocycles. The predicted octanol–water partition coefficient (Wildman–Crippen LogP) is 3.62. The zero-order valence-corrected chi connectivity index (χ0v) is 14.0. The number of benzene rings is 1. The Morgan fingerprint density at radius 2 is 2.00 bits per heavy atom. The largest absolute Gasteiger partial charge is 0.511 e. The van der Waals surface area contributed by atoms with E-state index in [0.717, 1.165) is 10.9 Å². The van der Waals surface area contributed by atoms with Crippen LogP contribution in [0.4, 0.5) is 5.82 Å². The maximum atomic E-state index is 12.3. The van der Waals surface area contributed by atoms with Crippen LogP contribution in [0.25, 0.3) is 10.9 Å². The third-order valence-electron chi connectivity index (χ3n) is 4.09. The summed E-state index contributed by atoms with van der Waals surface area (Å²) in [6, 6.07) is 7.58. The lowest BCUT2D eigenvalue weighted by Crippen LogP contribution is -2.28. The van der Waals surface area contributed by atoms with E-state index >= 15 is 0 Å². The Morgan fingerprint density at radius 3 is 2.75 bits per heavy atom. The monoisotopic (exact) mass is 324 g/mol. The van der Waals surface area contributed by atoms with Crippen LogP contribution in [0.3, 0.4) is 0 Å². The van der Waals surface area contributed by atoms with Gasteiger partial charge in [0.1, 0.15) is 12.1 Å². The van der Waals surface area contributed by atoms with Crippen molar-refractivity contribution >= 4 is 28.2 Å². The van der Waals surface area contributed by atoms with E-state index in [-0.39, 0.29) is 17.0 Å². The van der Waals surface area contributed by atoms with Crippen LogP contribution in [0.2, 0.25) is 0 Å². The maximum absolute atomic E-state index is 12.3. The number of Topliss-reactive ketones (excluding diaryl/α,β-unsaturated/α-hetero) is 1. The lowest BCUT2D eigenvalue weighted by molar-refractivity contribution is -0.117. The molecular weight excluding hydrogens is 304 g/mol. The van der Waals surface area contributed by atoms with Crippen molar-refractivity contribution in [3.8, 4) is 0 Å². The lowest BCUT2D eigenvalue weighted by Gasteiger charge is -2.29. The fourth-order valence-electron chi connectivity index (χ4n) is 2.99. The molecule has 0 fully saturated rings. The van der Waals surface area contributed by atoms with Crippen LogP contribution in [0, 0.1) is 5.41 Å². The molecule has 0 amide bonds. The smallest absolute Gasteiger partial charge is 0.168 e. The molecule has 6 nitrogen and oxygen atoms in total. The van der Waals surface area contributed by atoms with Crippen LogP contribution in [0.15, 0.2) is 47.0 Å². The van der Waals surface area contributed by atoms with E-state index in [0.29, 0.717) is 29.9 Å². The van der Waals surface area contributed by atoms with Crippen molar-refractivity contribution < 1.29 is 9.90 Å². The highest BCUT2D eigenvalue weighted by atomic mass is 16.3. The number of hydrogen-bond donors (Lipinski definition) is 2. The Bertz CT molecular complexity index is 863. The fourth-order valence-corrected chi connectivity index (χ4v) is 2.99. The van der Waals surface area contributed by atoms with Gasteiger partial charge in [-0.2, -0.15) is 5.10 Å². The first-order valence-electron chi connectivity index (χ1n) is 7.83. The molecule has 3 rings (SSSR count). The molecule has 1 aliphatic carbocycles. The van der Waals surface area contributed by atoms with Crippen molar-refractivity contribution in [2.45, 2.75) is 33.6 Å². The summed E-state index contributed by atoms with van der Waals surface area (Å²) in [5.74, 6) is 0.579. The number of carbonyl (C=O) groups excluding carboxylic acids is 1. The van der Waals surface area contributed by atoms with E-state index in [9.17, 15) is 9.90 Å². The van der Waals surface area contributed by atoms with Gasteiger partial charge < -0.3 is 5.11 Å². The number of nitrogens with one attached hydrogen (secondary N) is 1. The Labute approximate surface area is 140 Å². The molecule has 124 valence electrons. The molecule has 0 atom stereocenters. The van der Waals surface area contributed by atoms with Gasteiger partial charge in [0.15, 0.2) is 11.6 Å². The maximum Gasteiger partial charge on any atom is 0.168 e. The summed E-state index contributed by atoms with van der Waals surface area (Å²) in [6.07, 6.45) is 2.33. The first-order valence-corrected chi connectivity index (χ1v) is 7.83. The second-order valence-corrected chi connectivity index (χ2v) is 6.81. The van der Waals surface area contributed by atoms with Crippen LogP contribution >= 0.6 is 0 Å². The minimum Gasteiger partial charge on any atom is -0.511 e. The molecule has 0 saturated carbocycles. The van der Waals surface area contributed by atoms with Gasteiger partial charge in [-0.3, -0.25) is 10.2 Å². The normalized spacial score (nSPS) is 18.1. The van der Waals surface area contributed by atoms with Gasteiger partial charge in [-0.05, 0) is 24.5 Å². The molecule has 0 spiro atoms. The zero-order valence-electron chi connectivity index (χ0n) is 14.0. The lowest BCUT2D eigenvalue weighted by atomic mass is 9.76. The van der Waals surface area contributed by atoms with Crippen molar-refractivity contribution in [2.24, 2.45) is 10.5 Å².